The van der Waals surface area contributed by atoms with E-state index in [1.54, 1.807) is 13.0 Å². The zero-order valence-corrected chi connectivity index (χ0v) is 23.2. The summed E-state index contributed by atoms with van der Waals surface area (Å²) in [5.74, 6) is -0.905. The van der Waals surface area contributed by atoms with Crippen molar-refractivity contribution < 1.29 is 52.3 Å². The average molecular weight is 556 g/mol. The van der Waals surface area contributed by atoms with Crippen LogP contribution in [0.1, 0.15) is 71.8 Å². The molecule has 0 radical (unpaired) electrons. The number of rotatable bonds is 17. The van der Waals surface area contributed by atoms with Gasteiger partial charge in [0.05, 0.1) is 19.8 Å². The highest BCUT2D eigenvalue weighted by atomic mass is 16.7. The van der Waals surface area contributed by atoms with E-state index in [-0.39, 0.29) is 44.3 Å². The van der Waals surface area contributed by atoms with Gasteiger partial charge in [0.25, 0.3) is 0 Å². The maximum absolute atomic E-state index is 12.4. The van der Waals surface area contributed by atoms with Gasteiger partial charge in [0.15, 0.2) is 11.5 Å². The highest BCUT2D eigenvalue weighted by Crippen LogP contribution is 2.30. The topological polar surface area (TPSA) is 159 Å². The van der Waals surface area contributed by atoms with E-state index in [1.165, 1.54) is 12.1 Å². The van der Waals surface area contributed by atoms with Gasteiger partial charge in [-0.15, -0.1) is 0 Å². The summed E-state index contributed by atoms with van der Waals surface area (Å²) in [6.45, 7) is 7.80. The molecule has 39 heavy (non-hydrogen) atoms. The quantitative estimate of drug-likeness (QED) is 0.118. The molecule has 0 aliphatic rings. The number of carbonyl (C=O) groups is 4. The van der Waals surface area contributed by atoms with Crippen LogP contribution in [0.5, 0.6) is 11.5 Å². The summed E-state index contributed by atoms with van der Waals surface area (Å²) in [5.41, 5.74) is 6.48. The van der Waals surface area contributed by atoms with E-state index in [0.717, 1.165) is 25.7 Å². The smallest absolute Gasteiger partial charge is 0.461 e. The SMILES string of the molecule is CCCCOC(=O)Oc1ccc(C[C@H](N)C(=O)OC[C@H](C)OC(=O)OCCCC)cc1OC(=O)OCCCC. The second-order valence-corrected chi connectivity index (χ2v) is 8.71. The number of benzene rings is 1. The fourth-order valence-electron chi connectivity index (χ4n) is 2.86. The lowest BCUT2D eigenvalue weighted by Gasteiger charge is -2.16. The molecule has 0 amide bonds. The maximum Gasteiger partial charge on any atom is 0.513 e. The molecule has 0 heterocycles. The minimum atomic E-state index is -1.08. The monoisotopic (exact) mass is 555 g/mol. The molecule has 0 saturated heterocycles. The lowest BCUT2D eigenvalue weighted by molar-refractivity contribution is -0.148. The van der Waals surface area contributed by atoms with Gasteiger partial charge >= 0.3 is 24.4 Å². The lowest BCUT2D eigenvalue weighted by atomic mass is 10.1. The Balaban J connectivity index is 2.77. The molecule has 0 saturated carbocycles. The van der Waals surface area contributed by atoms with Gasteiger partial charge in [-0.25, -0.2) is 14.4 Å². The predicted octanol–water partition coefficient (Wildman–Crippen LogP) is 5.07. The number of carbonyl (C=O) groups excluding carboxylic acids is 4. The van der Waals surface area contributed by atoms with Crippen molar-refractivity contribution in [2.75, 3.05) is 26.4 Å². The Kier molecular flexibility index (Phi) is 16.8. The molecule has 0 aromatic heterocycles. The van der Waals surface area contributed by atoms with Crippen LogP contribution in [-0.4, -0.2) is 63.0 Å². The molecule has 1 aromatic carbocycles. The van der Waals surface area contributed by atoms with Gasteiger partial charge in [0.1, 0.15) is 18.8 Å². The van der Waals surface area contributed by atoms with E-state index in [9.17, 15) is 19.2 Å². The Morgan fingerprint density at radius 1 is 0.744 bits per heavy atom. The Morgan fingerprint density at radius 2 is 1.26 bits per heavy atom. The molecule has 12 heteroatoms. The Hall–Kier alpha value is -3.54. The fraction of sp³-hybridized carbons (Fsp3) is 0.630. The molecule has 0 bridgehead atoms. The van der Waals surface area contributed by atoms with Crippen molar-refractivity contribution >= 4 is 24.4 Å². The van der Waals surface area contributed by atoms with Gasteiger partial charge in [0, 0.05) is 0 Å². The highest BCUT2D eigenvalue weighted by molar-refractivity contribution is 5.76. The van der Waals surface area contributed by atoms with Gasteiger partial charge in [-0.2, -0.15) is 0 Å². The normalized spacial score (nSPS) is 12.0. The third kappa shape index (κ3) is 14.8. The van der Waals surface area contributed by atoms with E-state index >= 15 is 0 Å². The zero-order chi connectivity index (χ0) is 29.0. The summed E-state index contributed by atoms with van der Waals surface area (Å²) in [6, 6.07) is 3.27. The van der Waals surface area contributed by atoms with E-state index in [2.05, 4.69) is 0 Å². The molecule has 1 aromatic rings. The minimum Gasteiger partial charge on any atom is -0.461 e. The second kappa shape index (κ2) is 19.5. The molecule has 220 valence electrons. The largest absolute Gasteiger partial charge is 0.513 e. The molecule has 0 unspecified atom stereocenters. The summed E-state index contributed by atoms with van der Waals surface area (Å²) >= 11 is 0. The summed E-state index contributed by atoms with van der Waals surface area (Å²) in [4.78, 5) is 48.1. The number of nitrogens with two attached hydrogens (primary N) is 1. The zero-order valence-electron chi connectivity index (χ0n) is 23.2. The van der Waals surface area contributed by atoms with Crippen LogP contribution in [0.3, 0.4) is 0 Å². The Morgan fingerprint density at radius 3 is 1.79 bits per heavy atom. The van der Waals surface area contributed by atoms with Crippen molar-refractivity contribution in [1.82, 2.24) is 0 Å². The Labute approximate surface area is 229 Å². The van der Waals surface area contributed by atoms with Crippen LogP contribution >= 0.6 is 0 Å². The van der Waals surface area contributed by atoms with Crippen molar-refractivity contribution in [3.05, 3.63) is 23.8 Å². The molecule has 2 atom stereocenters. The third-order valence-electron chi connectivity index (χ3n) is 5.06. The van der Waals surface area contributed by atoms with Crippen LogP contribution in [0.2, 0.25) is 0 Å². The fourth-order valence-corrected chi connectivity index (χ4v) is 2.86. The first-order valence-electron chi connectivity index (χ1n) is 13.3. The molecule has 2 N–H and O–H groups in total. The van der Waals surface area contributed by atoms with Crippen molar-refractivity contribution in [1.29, 1.82) is 0 Å². The molecular formula is C27H41NO11. The maximum atomic E-state index is 12.4. The number of esters is 1. The van der Waals surface area contributed by atoms with Gasteiger partial charge in [0.2, 0.25) is 0 Å². The first-order chi connectivity index (χ1) is 18.7. The molecule has 1 rings (SSSR count). The van der Waals surface area contributed by atoms with Crippen molar-refractivity contribution in [3.8, 4) is 11.5 Å². The van der Waals surface area contributed by atoms with Crippen molar-refractivity contribution in [2.45, 2.75) is 84.8 Å². The van der Waals surface area contributed by atoms with Crippen molar-refractivity contribution in [2.24, 2.45) is 5.73 Å². The van der Waals surface area contributed by atoms with Crippen LogP contribution in [-0.2, 0) is 34.9 Å². The van der Waals surface area contributed by atoms with Crippen LogP contribution in [0.4, 0.5) is 14.4 Å². The molecule has 0 aliphatic heterocycles. The summed E-state index contributed by atoms with van der Waals surface area (Å²) in [7, 11) is 0. The highest BCUT2D eigenvalue weighted by Gasteiger charge is 2.21. The summed E-state index contributed by atoms with van der Waals surface area (Å²) in [6.07, 6.45) is 1.08. The molecule has 0 fully saturated rings. The standard InChI is InChI=1S/C27H41NO11/c1-5-8-13-33-25(30)37-19(4)18-36-24(29)21(28)16-20-11-12-22(38-26(31)34-14-9-6-2)23(17-20)39-27(32)35-15-10-7-3/h11-12,17,19,21H,5-10,13-16,18,28H2,1-4H3/t19-,21-/m0/s1. The van der Waals surface area contributed by atoms with Gasteiger partial charge in [-0.3, -0.25) is 4.79 Å². The molecule has 12 nitrogen and oxygen atoms in total. The number of hydrogen-bond donors (Lipinski definition) is 1. The van der Waals surface area contributed by atoms with Crippen molar-refractivity contribution in [3.63, 3.8) is 0 Å². The Bertz CT molecular complexity index is 906. The molecule has 0 spiro atoms. The first kappa shape index (κ1) is 33.5. The van der Waals surface area contributed by atoms with Gasteiger partial charge < -0.3 is 38.9 Å². The predicted molar refractivity (Wildman–Crippen MR) is 140 cm³/mol. The number of hydrogen-bond acceptors (Lipinski definition) is 12. The van der Waals surface area contributed by atoms with E-state index in [0.29, 0.717) is 18.4 Å². The van der Waals surface area contributed by atoms with Crippen LogP contribution in [0.15, 0.2) is 18.2 Å². The third-order valence-corrected chi connectivity index (χ3v) is 5.06. The van der Waals surface area contributed by atoms with Gasteiger partial charge in [-0.05, 0) is 50.3 Å². The average Bonchev–Trinajstić information content (AvgIpc) is 2.89. The molecule has 0 aliphatic carbocycles. The van der Waals surface area contributed by atoms with Crippen LogP contribution in [0.25, 0.3) is 0 Å². The van der Waals surface area contributed by atoms with E-state index < -0.39 is 36.6 Å². The minimum absolute atomic E-state index is 0.00952. The van der Waals surface area contributed by atoms with E-state index in [4.69, 9.17) is 38.9 Å². The number of ether oxygens (including phenoxy) is 7. The summed E-state index contributed by atoms with van der Waals surface area (Å²) in [5, 5.41) is 0. The van der Waals surface area contributed by atoms with E-state index in [1.807, 2.05) is 20.8 Å². The number of unbranched alkanes of at least 4 members (excludes halogenated alkanes) is 3. The van der Waals surface area contributed by atoms with Gasteiger partial charge in [-0.1, -0.05) is 46.1 Å². The van der Waals surface area contributed by atoms with Crippen LogP contribution in [0, 0.1) is 0 Å². The second-order valence-electron chi connectivity index (χ2n) is 8.71. The van der Waals surface area contributed by atoms with Crippen LogP contribution < -0.4 is 15.2 Å². The first-order valence-corrected chi connectivity index (χ1v) is 13.3. The summed E-state index contributed by atoms with van der Waals surface area (Å²) < 4.78 is 35.5. The lowest BCUT2D eigenvalue weighted by Crippen LogP contribution is -2.36. The molecular weight excluding hydrogens is 514 g/mol.